The van der Waals surface area contributed by atoms with E-state index in [1.165, 1.54) is 12.0 Å². The van der Waals surface area contributed by atoms with Crippen LogP contribution in [-0.4, -0.2) is 32.5 Å². The molecule has 0 aliphatic carbocycles. The Labute approximate surface area is 168 Å². The van der Waals surface area contributed by atoms with E-state index in [2.05, 4.69) is 51.6 Å². The van der Waals surface area contributed by atoms with Gasteiger partial charge in [-0.3, -0.25) is 9.89 Å². The van der Waals surface area contributed by atoms with Gasteiger partial charge >= 0.3 is 0 Å². The lowest BCUT2D eigenvalue weighted by Gasteiger charge is -2.26. The quantitative estimate of drug-likeness (QED) is 0.573. The van der Waals surface area contributed by atoms with E-state index >= 15 is 0 Å². The summed E-state index contributed by atoms with van der Waals surface area (Å²) in [4.78, 5) is 18.7. The van der Waals surface area contributed by atoms with Crippen molar-refractivity contribution in [2.45, 2.75) is 19.9 Å². The van der Waals surface area contributed by atoms with Crippen LogP contribution in [-0.2, 0) is 13.0 Å². The summed E-state index contributed by atoms with van der Waals surface area (Å²) in [5.41, 5.74) is 6.82. The largest absolute Gasteiger partial charge is 0.448 e. The molecule has 1 aliphatic rings. The summed E-state index contributed by atoms with van der Waals surface area (Å²) in [5.74, 6) is 0.443. The minimum atomic E-state index is -0.103. The minimum Gasteiger partial charge on any atom is -0.448 e. The number of nitrogens with zero attached hydrogens (tertiary/aromatic N) is 3. The summed E-state index contributed by atoms with van der Waals surface area (Å²) in [6, 6.07) is 18.7. The van der Waals surface area contributed by atoms with Gasteiger partial charge in [-0.15, -0.1) is 0 Å². The molecule has 2 aromatic heterocycles. The molecule has 5 rings (SSSR count). The van der Waals surface area contributed by atoms with Crippen molar-refractivity contribution >= 4 is 5.91 Å². The molecule has 6 nitrogen and oxygen atoms in total. The summed E-state index contributed by atoms with van der Waals surface area (Å²) in [6.45, 7) is 2.90. The van der Waals surface area contributed by atoms with Crippen molar-refractivity contribution < 1.29 is 9.21 Å². The van der Waals surface area contributed by atoms with E-state index in [4.69, 9.17) is 4.42 Å². The number of benzene rings is 2. The Morgan fingerprint density at radius 2 is 1.76 bits per heavy atom. The molecule has 0 spiro atoms. The number of fused-ring (bicyclic) bond motifs is 1. The summed E-state index contributed by atoms with van der Waals surface area (Å²) in [7, 11) is 0. The second kappa shape index (κ2) is 7.05. The molecule has 144 valence electrons. The molecule has 0 fully saturated rings. The van der Waals surface area contributed by atoms with Gasteiger partial charge in [-0.2, -0.15) is 5.10 Å². The maximum atomic E-state index is 12.8. The third-order valence-electron chi connectivity index (χ3n) is 5.43. The van der Waals surface area contributed by atoms with E-state index in [9.17, 15) is 4.79 Å². The number of hydrogen-bond donors (Lipinski definition) is 1. The number of amides is 1. The van der Waals surface area contributed by atoms with Gasteiger partial charge in [0.2, 0.25) is 0 Å². The number of rotatable bonds is 3. The number of aromatic nitrogens is 3. The number of oxazole rings is 1. The van der Waals surface area contributed by atoms with E-state index in [0.717, 1.165) is 34.5 Å². The third-order valence-corrected chi connectivity index (χ3v) is 5.43. The van der Waals surface area contributed by atoms with Gasteiger partial charge in [0.15, 0.2) is 12.1 Å². The summed E-state index contributed by atoms with van der Waals surface area (Å²) < 4.78 is 5.19. The zero-order valence-corrected chi connectivity index (χ0v) is 16.1. The van der Waals surface area contributed by atoms with Gasteiger partial charge < -0.3 is 9.32 Å². The van der Waals surface area contributed by atoms with Gasteiger partial charge in [-0.1, -0.05) is 54.6 Å². The zero-order valence-electron chi connectivity index (χ0n) is 16.1. The smallest absolute Gasteiger partial charge is 0.276 e. The number of H-pyrrole nitrogens is 1. The van der Waals surface area contributed by atoms with Gasteiger partial charge in [0.05, 0.1) is 12.2 Å². The molecule has 0 unspecified atom stereocenters. The highest BCUT2D eigenvalue weighted by atomic mass is 16.3. The van der Waals surface area contributed by atoms with Gasteiger partial charge in [-0.25, -0.2) is 4.98 Å². The average Bonchev–Trinajstić information content (AvgIpc) is 3.39. The highest BCUT2D eigenvalue weighted by Crippen LogP contribution is 2.30. The number of carbonyl (C=O) groups is 1. The van der Waals surface area contributed by atoms with E-state index < -0.39 is 0 Å². The van der Waals surface area contributed by atoms with Crippen LogP contribution in [0.5, 0.6) is 0 Å². The molecule has 1 amide bonds. The summed E-state index contributed by atoms with van der Waals surface area (Å²) in [5, 5.41) is 7.70. The standard InChI is InChI=1S/C23H20N4O2/c1-15-21(24-14-29-15)23(28)27-12-11-20-19(13-27)22(26-25-20)18-9-7-17(8-10-18)16-5-3-2-4-6-16/h2-10,14H,11-13H2,1H3,(H,25,26). The molecule has 0 atom stereocenters. The summed E-state index contributed by atoms with van der Waals surface area (Å²) >= 11 is 0. The maximum absolute atomic E-state index is 12.8. The Bertz CT molecular complexity index is 1160. The third kappa shape index (κ3) is 3.12. The molecule has 1 aliphatic heterocycles. The molecule has 29 heavy (non-hydrogen) atoms. The lowest BCUT2D eigenvalue weighted by Crippen LogP contribution is -2.36. The van der Waals surface area contributed by atoms with Crippen LogP contribution in [0.25, 0.3) is 22.4 Å². The highest BCUT2D eigenvalue weighted by Gasteiger charge is 2.28. The van der Waals surface area contributed by atoms with Crippen molar-refractivity contribution in [3.05, 3.63) is 83.7 Å². The molecular weight excluding hydrogens is 364 g/mol. The van der Waals surface area contributed by atoms with Crippen LogP contribution in [0.3, 0.4) is 0 Å². The normalized spacial score (nSPS) is 13.3. The van der Waals surface area contributed by atoms with E-state index in [1.807, 2.05) is 23.1 Å². The topological polar surface area (TPSA) is 75.0 Å². The van der Waals surface area contributed by atoms with Gasteiger partial charge in [0.1, 0.15) is 5.76 Å². The average molecular weight is 384 g/mol. The first-order valence-corrected chi connectivity index (χ1v) is 9.62. The molecule has 0 saturated carbocycles. The fraction of sp³-hybridized carbons (Fsp3) is 0.174. The van der Waals surface area contributed by atoms with Crippen molar-refractivity contribution in [2.75, 3.05) is 6.54 Å². The zero-order chi connectivity index (χ0) is 19.8. The van der Waals surface area contributed by atoms with Crippen molar-refractivity contribution in [1.82, 2.24) is 20.1 Å². The van der Waals surface area contributed by atoms with Crippen LogP contribution in [0.4, 0.5) is 0 Å². The van der Waals surface area contributed by atoms with Crippen molar-refractivity contribution in [3.8, 4) is 22.4 Å². The second-order valence-corrected chi connectivity index (χ2v) is 7.21. The molecule has 0 radical (unpaired) electrons. The number of nitrogens with one attached hydrogen (secondary N) is 1. The Kier molecular flexibility index (Phi) is 4.24. The molecule has 6 heteroatoms. The lowest BCUT2D eigenvalue weighted by atomic mass is 9.98. The molecule has 4 aromatic rings. The Morgan fingerprint density at radius 1 is 1.03 bits per heavy atom. The molecule has 1 N–H and O–H groups in total. The molecule has 3 heterocycles. The Balaban J connectivity index is 1.42. The van der Waals surface area contributed by atoms with Crippen LogP contribution in [0.15, 0.2) is 65.4 Å². The SMILES string of the molecule is Cc1ocnc1C(=O)N1CCc2[nH]nc(-c3ccc(-c4ccccc4)cc3)c2C1. The van der Waals surface area contributed by atoms with Crippen molar-refractivity contribution in [3.63, 3.8) is 0 Å². The second-order valence-electron chi connectivity index (χ2n) is 7.21. The van der Waals surface area contributed by atoms with E-state index in [1.54, 1.807) is 6.92 Å². The lowest BCUT2D eigenvalue weighted by molar-refractivity contribution is 0.0727. The minimum absolute atomic E-state index is 0.103. The number of carbonyl (C=O) groups excluding carboxylic acids is 1. The number of hydrogen-bond acceptors (Lipinski definition) is 4. The van der Waals surface area contributed by atoms with Gasteiger partial charge in [0, 0.05) is 29.8 Å². The van der Waals surface area contributed by atoms with Crippen molar-refractivity contribution in [1.29, 1.82) is 0 Å². The van der Waals surface area contributed by atoms with Gasteiger partial charge in [0.25, 0.3) is 5.91 Å². The molecule has 2 aromatic carbocycles. The van der Waals surface area contributed by atoms with Crippen LogP contribution >= 0.6 is 0 Å². The van der Waals surface area contributed by atoms with Gasteiger partial charge in [-0.05, 0) is 18.1 Å². The fourth-order valence-corrected chi connectivity index (χ4v) is 3.82. The Hall–Kier alpha value is -3.67. The predicted molar refractivity (Wildman–Crippen MR) is 109 cm³/mol. The van der Waals surface area contributed by atoms with E-state index in [0.29, 0.717) is 24.5 Å². The molecule has 0 saturated heterocycles. The Morgan fingerprint density at radius 3 is 2.48 bits per heavy atom. The maximum Gasteiger partial charge on any atom is 0.276 e. The monoisotopic (exact) mass is 384 g/mol. The van der Waals surface area contributed by atoms with Crippen LogP contribution in [0, 0.1) is 6.92 Å². The number of aromatic amines is 1. The van der Waals surface area contributed by atoms with Crippen LogP contribution in [0.2, 0.25) is 0 Å². The first-order valence-electron chi connectivity index (χ1n) is 9.62. The predicted octanol–water partition coefficient (Wildman–Crippen LogP) is 4.24. The highest BCUT2D eigenvalue weighted by molar-refractivity contribution is 5.93. The summed E-state index contributed by atoms with van der Waals surface area (Å²) in [6.07, 6.45) is 2.06. The molecular formula is C23H20N4O2. The van der Waals surface area contributed by atoms with Crippen LogP contribution < -0.4 is 0 Å². The van der Waals surface area contributed by atoms with Crippen LogP contribution in [0.1, 0.15) is 27.5 Å². The number of aryl methyl sites for hydroxylation is 1. The van der Waals surface area contributed by atoms with Crippen molar-refractivity contribution in [2.24, 2.45) is 0 Å². The first kappa shape index (κ1) is 17.4. The van der Waals surface area contributed by atoms with E-state index in [-0.39, 0.29) is 5.91 Å². The molecule has 0 bridgehead atoms. The fourth-order valence-electron chi connectivity index (χ4n) is 3.82. The first-order chi connectivity index (χ1) is 14.2.